The Morgan fingerprint density at radius 1 is 1.05 bits per heavy atom. The third kappa shape index (κ3) is 3.32. The number of hydrogen-bond donors (Lipinski definition) is 1. The van der Waals surface area contributed by atoms with Crippen LogP contribution in [0.3, 0.4) is 0 Å². The average molecular weight is 291 g/mol. The topological polar surface area (TPSA) is 39.7 Å². The second-order valence-electron chi connectivity index (χ2n) is 5.11. The van der Waals surface area contributed by atoms with Crippen molar-refractivity contribution in [3.8, 4) is 17.2 Å². The van der Waals surface area contributed by atoms with E-state index in [0.29, 0.717) is 5.75 Å². The second kappa shape index (κ2) is 7.36. The van der Waals surface area contributed by atoms with Crippen molar-refractivity contribution in [3.05, 3.63) is 29.3 Å². The van der Waals surface area contributed by atoms with Crippen LogP contribution in [0.15, 0.2) is 23.8 Å². The van der Waals surface area contributed by atoms with E-state index in [1.807, 2.05) is 12.1 Å². The average Bonchev–Trinajstić information content (AvgIpc) is 3.05. The van der Waals surface area contributed by atoms with Crippen molar-refractivity contribution < 1.29 is 14.2 Å². The molecular formula is C17H25NO3. The van der Waals surface area contributed by atoms with E-state index in [4.69, 9.17) is 14.2 Å². The van der Waals surface area contributed by atoms with E-state index < -0.39 is 0 Å². The molecule has 0 saturated heterocycles. The molecule has 1 aromatic carbocycles. The summed E-state index contributed by atoms with van der Waals surface area (Å²) in [5, 5.41) is 3.56. The summed E-state index contributed by atoms with van der Waals surface area (Å²) in [5.41, 5.74) is 2.53. The van der Waals surface area contributed by atoms with Crippen molar-refractivity contribution in [1.82, 2.24) is 5.32 Å². The van der Waals surface area contributed by atoms with Crippen molar-refractivity contribution in [2.24, 2.45) is 0 Å². The third-order valence-corrected chi connectivity index (χ3v) is 3.90. The van der Waals surface area contributed by atoms with Crippen LogP contribution in [-0.2, 0) is 0 Å². The molecule has 1 aliphatic rings. The van der Waals surface area contributed by atoms with Gasteiger partial charge >= 0.3 is 0 Å². The summed E-state index contributed by atoms with van der Waals surface area (Å²) >= 11 is 0. The number of likely N-dealkylation sites (N-methyl/N-ethyl adjacent to an activating group) is 1. The number of hydrogen-bond acceptors (Lipinski definition) is 4. The Labute approximate surface area is 127 Å². The molecule has 4 heteroatoms. The smallest absolute Gasteiger partial charge is 0.164 e. The molecule has 0 aromatic heterocycles. The van der Waals surface area contributed by atoms with Gasteiger partial charge in [0.25, 0.3) is 0 Å². The highest BCUT2D eigenvalue weighted by atomic mass is 16.5. The second-order valence-corrected chi connectivity index (χ2v) is 5.11. The lowest BCUT2D eigenvalue weighted by Gasteiger charge is -2.23. The van der Waals surface area contributed by atoms with Crippen LogP contribution in [0, 0.1) is 0 Å². The van der Waals surface area contributed by atoms with E-state index in [0.717, 1.165) is 36.4 Å². The predicted octanol–water partition coefficient (Wildman–Crippen LogP) is 3.47. The van der Waals surface area contributed by atoms with Gasteiger partial charge < -0.3 is 19.5 Å². The Bertz CT molecular complexity index is 511. The number of ether oxygens (including phenoxy) is 3. The lowest BCUT2D eigenvalue weighted by atomic mass is 9.96. The molecule has 0 saturated carbocycles. The van der Waals surface area contributed by atoms with E-state index in [1.165, 1.54) is 12.0 Å². The first-order valence-electron chi connectivity index (χ1n) is 7.47. The van der Waals surface area contributed by atoms with Crippen molar-refractivity contribution in [2.45, 2.75) is 32.2 Å². The van der Waals surface area contributed by atoms with Crippen molar-refractivity contribution >= 4 is 0 Å². The van der Waals surface area contributed by atoms with Gasteiger partial charge in [0, 0.05) is 11.6 Å². The Morgan fingerprint density at radius 2 is 1.71 bits per heavy atom. The normalized spacial score (nSPS) is 15.5. The largest absolute Gasteiger partial charge is 0.496 e. The Hall–Kier alpha value is -1.68. The fourth-order valence-electron chi connectivity index (χ4n) is 2.88. The highest BCUT2D eigenvalue weighted by molar-refractivity contribution is 5.53. The van der Waals surface area contributed by atoms with Gasteiger partial charge in [0.15, 0.2) is 11.5 Å². The molecule has 0 amide bonds. The third-order valence-electron chi connectivity index (χ3n) is 3.90. The molecule has 2 rings (SSSR count). The standard InChI is InChI=1S/C17H25NO3/c1-5-18-17(12-8-6-7-9-12)13-10-15(20-3)16(21-4)11-14(13)19-2/h8,10-11,17-18H,5-7,9H2,1-4H3. The van der Waals surface area contributed by atoms with E-state index in [2.05, 4.69) is 18.3 Å². The summed E-state index contributed by atoms with van der Waals surface area (Å²) in [7, 11) is 4.99. The number of allylic oxidation sites excluding steroid dienone is 1. The lowest BCUT2D eigenvalue weighted by Crippen LogP contribution is -2.23. The van der Waals surface area contributed by atoms with Gasteiger partial charge in [-0.1, -0.05) is 18.6 Å². The molecule has 0 heterocycles. The minimum atomic E-state index is 0.173. The molecule has 4 nitrogen and oxygen atoms in total. The highest BCUT2D eigenvalue weighted by Crippen LogP contribution is 2.41. The lowest BCUT2D eigenvalue weighted by molar-refractivity contribution is 0.346. The van der Waals surface area contributed by atoms with Gasteiger partial charge in [-0.2, -0.15) is 0 Å². The van der Waals surface area contributed by atoms with Gasteiger partial charge in [0.2, 0.25) is 0 Å². The number of methoxy groups -OCH3 is 3. The zero-order valence-corrected chi connectivity index (χ0v) is 13.4. The Balaban J connectivity index is 2.47. The zero-order valence-electron chi connectivity index (χ0n) is 13.4. The molecule has 116 valence electrons. The summed E-state index contributed by atoms with van der Waals surface area (Å²) in [5.74, 6) is 2.25. The first-order chi connectivity index (χ1) is 10.2. The first-order valence-corrected chi connectivity index (χ1v) is 7.47. The van der Waals surface area contributed by atoms with Gasteiger partial charge in [-0.05, 0) is 31.9 Å². The van der Waals surface area contributed by atoms with Crippen LogP contribution in [0.5, 0.6) is 17.2 Å². The minimum Gasteiger partial charge on any atom is -0.496 e. The summed E-state index contributed by atoms with van der Waals surface area (Å²) in [6.45, 7) is 3.02. The fraction of sp³-hybridized carbons (Fsp3) is 0.529. The summed E-state index contributed by atoms with van der Waals surface area (Å²) < 4.78 is 16.4. The van der Waals surface area contributed by atoms with Crippen LogP contribution in [0.1, 0.15) is 37.8 Å². The van der Waals surface area contributed by atoms with Gasteiger partial charge in [0.05, 0.1) is 27.4 Å². The van der Waals surface area contributed by atoms with Gasteiger partial charge in [-0.3, -0.25) is 0 Å². The molecule has 0 bridgehead atoms. The molecule has 1 atom stereocenters. The summed E-state index contributed by atoms with van der Waals surface area (Å²) in [4.78, 5) is 0. The van der Waals surface area contributed by atoms with E-state index in [-0.39, 0.29) is 6.04 Å². The van der Waals surface area contributed by atoms with Crippen molar-refractivity contribution in [1.29, 1.82) is 0 Å². The number of benzene rings is 1. The minimum absolute atomic E-state index is 0.173. The molecule has 1 aromatic rings. The molecule has 21 heavy (non-hydrogen) atoms. The molecule has 0 aliphatic heterocycles. The van der Waals surface area contributed by atoms with Crippen LogP contribution in [0.2, 0.25) is 0 Å². The molecular weight excluding hydrogens is 266 g/mol. The maximum absolute atomic E-state index is 5.57. The van der Waals surface area contributed by atoms with E-state index in [1.54, 1.807) is 21.3 Å². The molecule has 0 spiro atoms. The van der Waals surface area contributed by atoms with Crippen LogP contribution in [-0.4, -0.2) is 27.9 Å². The Kier molecular flexibility index (Phi) is 5.51. The summed E-state index contributed by atoms with van der Waals surface area (Å²) in [6, 6.07) is 4.09. The van der Waals surface area contributed by atoms with E-state index in [9.17, 15) is 0 Å². The monoisotopic (exact) mass is 291 g/mol. The predicted molar refractivity (Wildman–Crippen MR) is 84.4 cm³/mol. The zero-order chi connectivity index (χ0) is 15.2. The molecule has 1 aliphatic carbocycles. The van der Waals surface area contributed by atoms with Crippen LogP contribution < -0.4 is 19.5 Å². The van der Waals surface area contributed by atoms with Crippen LogP contribution in [0.25, 0.3) is 0 Å². The fourth-order valence-corrected chi connectivity index (χ4v) is 2.88. The molecule has 1 unspecified atom stereocenters. The van der Waals surface area contributed by atoms with Crippen molar-refractivity contribution in [3.63, 3.8) is 0 Å². The van der Waals surface area contributed by atoms with Crippen molar-refractivity contribution in [2.75, 3.05) is 27.9 Å². The number of rotatable bonds is 7. The van der Waals surface area contributed by atoms with Crippen LogP contribution in [0.4, 0.5) is 0 Å². The molecule has 0 radical (unpaired) electrons. The maximum atomic E-state index is 5.57. The van der Waals surface area contributed by atoms with Gasteiger partial charge in [-0.15, -0.1) is 0 Å². The first kappa shape index (κ1) is 15.7. The van der Waals surface area contributed by atoms with Crippen LogP contribution >= 0.6 is 0 Å². The number of nitrogens with one attached hydrogen (secondary N) is 1. The Morgan fingerprint density at radius 3 is 2.24 bits per heavy atom. The molecule has 1 N–H and O–H groups in total. The van der Waals surface area contributed by atoms with Gasteiger partial charge in [0.1, 0.15) is 5.75 Å². The maximum Gasteiger partial charge on any atom is 0.164 e. The highest BCUT2D eigenvalue weighted by Gasteiger charge is 2.23. The SMILES string of the molecule is CCNC(C1=CCCC1)c1cc(OC)c(OC)cc1OC. The quantitative estimate of drug-likeness (QED) is 0.781. The van der Waals surface area contributed by atoms with E-state index >= 15 is 0 Å². The molecule has 0 fully saturated rings. The van der Waals surface area contributed by atoms with Gasteiger partial charge in [-0.25, -0.2) is 0 Å². The summed E-state index contributed by atoms with van der Waals surface area (Å²) in [6.07, 6.45) is 5.86.